The lowest BCUT2D eigenvalue weighted by Gasteiger charge is -1.97. The maximum atomic E-state index is 11.7. The molecule has 0 radical (unpaired) electrons. The highest BCUT2D eigenvalue weighted by atomic mass is 16.1. The molecule has 0 atom stereocenters. The maximum absolute atomic E-state index is 11.7. The molecule has 0 saturated carbocycles. The number of H-pyrrole nitrogens is 1. The number of hydrogen-bond acceptors (Lipinski definition) is 2. The molecule has 2 rings (SSSR count). The van der Waals surface area contributed by atoms with E-state index < -0.39 is 0 Å². The molecular weight excluding hydrogens is 178 g/mol. The predicted molar refractivity (Wildman–Crippen MR) is 56.1 cm³/mol. The number of nitrogens with zero attached hydrogens (tertiary/aromatic N) is 1. The Kier molecular flexibility index (Phi) is 2.13. The topological polar surface area (TPSA) is 63.8 Å². The van der Waals surface area contributed by atoms with Crippen LogP contribution in [-0.4, -0.2) is 9.78 Å². The number of rotatable bonds is 2. The molecule has 0 aliphatic heterocycles. The van der Waals surface area contributed by atoms with Crippen molar-refractivity contribution in [1.82, 2.24) is 9.78 Å². The van der Waals surface area contributed by atoms with Crippen molar-refractivity contribution in [2.75, 3.05) is 0 Å². The summed E-state index contributed by atoms with van der Waals surface area (Å²) in [6.07, 6.45) is 0. The number of para-hydroxylation sites is 1. The fraction of sp³-hybridized carbons (Fsp3) is 0.300. The van der Waals surface area contributed by atoms with E-state index in [-0.39, 0.29) is 5.56 Å². The summed E-state index contributed by atoms with van der Waals surface area (Å²) in [6, 6.07) is 5.61. The van der Waals surface area contributed by atoms with Crippen LogP contribution in [0.25, 0.3) is 10.9 Å². The van der Waals surface area contributed by atoms with Gasteiger partial charge in [0, 0.05) is 13.1 Å². The summed E-state index contributed by atoms with van der Waals surface area (Å²) in [7, 11) is 0. The number of hydrogen-bond donors (Lipinski definition) is 2. The van der Waals surface area contributed by atoms with Crippen LogP contribution in [0.15, 0.2) is 23.0 Å². The van der Waals surface area contributed by atoms with Crippen molar-refractivity contribution in [2.45, 2.75) is 20.0 Å². The van der Waals surface area contributed by atoms with Crippen LogP contribution in [-0.2, 0) is 13.1 Å². The van der Waals surface area contributed by atoms with E-state index in [1.165, 1.54) is 0 Å². The van der Waals surface area contributed by atoms with Gasteiger partial charge in [0.2, 0.25) is 0 Å². The summed E-state index contributed by atoms with van der Waals surface area (Å²) >= 11 is 0. The maximum Gasteiger partial charge on any atom is 0.274 e. The molecule has 0 spiro atoms. The zero-order valence-electron chi connectivity index (χ0n) is 8.08. The second-order valence-electron chi connectivity index (χ2n) is 3.21. The largest absolute Gasteiger partial charge is 0.326 e. The van der Waals surface area contributed by atoms with Gasteiger partial charge in [0.05, 0.1) is 10.9 Å². The van der Waals surface area contributed by atoms with E-state index in [9.17, 15) is 4.79 Å². The molecule has 0 aliphatic rings. The van der Waals surface area contributed by atoms with Gasteiger partial charge in [0.15, 0.2) is 0 Å². The fourth-order valence-electron chi connectivity index (χ4n) is 1.63. The predicted octanol–water partition coefficient (Wildman–Crippen LogP) is 0.808. The first-order valence-corrected chi connectivity index (χ1v) is 4.68. The molecule has 0 bridgehead atoms. The standard InChI is InChI=1S/C10H13N3O/c1-2-13-10(14)8-5-3-4-7(6-11)9(8)12-13/h3-5,12H,2,6,11H2,1H3. The SMILES string of the molecule is CCn1[nH]c2c(CN)cccc2c1=O. The first kappa shape index (κ1) is 9.02. The van der Waals surface area contributed by atoms with Gasteiger partial charge in [0.1, 0.15) is 0 Å². The average Bonchev–Trinajstić information content (AvgIpc) is 2.55. The van der Waals surface area contributed by atoms with Gasteiger partial charge < -0.3 is 5.73 Å². The lowest BCUT2D eigenvalue weighted by molar-refractivity contribution is 0.645. The van der Waals surface area contributed by atoms with Crippen molar-refractivity contribution >= 4 is 10.9 Å². The molecule has 0 unspecified atom stereocenters. The lowest BCUT2D eigenvalue weighted by Crippen LogP contribution is -2.14. The third-order valence-electron chi connectivity index (χ3n) is 2.41. The van der Waals surface area contributed by atoms with Crippen molar-refractivity contribution < 1.29 is 0 Å². The van der Waals surface area contributed by atoms with Crippen LogP contribution in [0.1, 0.15) is 12.5 Å². The summed E-state index contributed by atoms with van der Waals surface area (Å²) in [6.45, 7) is 3.03. The van der Waals surface area contributed by atoms with E-state index in [2.05, 4.69) is 5.10 Å². The Hall–Kier alpha value is -1.55. The Morgan fingerprint density at radius 2 is 2.29 bits per heavy atom. The number of fused-ring (bicyclic) bond motifs is 1. The van der Waals surface area contributed by atoms with Gasteiger partial charge >= 0.3 is 0 Å². The van der Waals surface area contributed by atoms with Crippen molar-refractivity contribution in [3.8, 4) is 0 Å². The summed E-state index contributed by atoms with van der Waals surface area (Å²) in [5.74, 6) is 0. The van der Waals surface area contributed by atoms with Crippen molar-refractivity contribution in [3.05, 3.63) is 34.1 Å². The molecule has 1 heterocycles. The molecule has 0 fully saturated rings. The lowest BCUT2D eigenvalue weighted by atomic mass is 10.1. The number of nitrogens with one attached hydrogen (secondary N) is 1. The number of aromatic nitrogens is 2. The van der Waals surface area contributed by atoms with Gasteiger partial charge in [-0.2, -0.15) is 0 Å². The summed E-state index contributed by atoms with van der Waals surface area (Å²) in [4.78, 5) is 11.7. The highest BCUT2D eigenvalue weighted by Gasteiger charge is 2.07. The Balaban J connectivity index is 2.84. The molecule has 0 amide bonds. The molecule has 74 valence electrons. The Morgan fingerprint density at radius 3 is 2.93 bits per heavy atom. The molecule has 4 heteroatoms. The van der Waals surface area contributed by atoms with Crippen LogP contribution in [0.5, 0.6) is 0 Å². The molecule has 2 aromatic rings. The van der Waals surface area contributed by atoms with E-state index in [4.69, 9.17) is 5.73 Å². The highest BCUT2D eigenvalue weighted by molar-refractivity contribution is 5.81. The summed E-state index contributed by atoms with van der Waals surface area (Å²) in [5.41, 5.74) is 7.45. The monoisotopic (exact) mass is 191 g/mol. The van der Waals surface area contributed by atoms with Gasteiger partial charge in [-0.1, -0.05) is 12.1 Å². The van der Waals surface area contributed by atoms with Gasteiger partial charge in [-0.25, -0.2) is 0 Å². The third kappa shape index (κ3) is 1.15. The van der Waals surface area contributed by atoms with E-state index in [1.54, 1.807) is 4.68 Å². The molecule has 14 heavy (non-hydrogen) atoms. The molecule has 4 nitrogen and oxygen atoms in total. The van der Waals surface area contributed by atoms with Gasteiger partial charge in [-0.05, 0) is 18.6 Å². The van der Waals surface area contributed by atoms with E-state index in [0.29, 0.717) is 13.1 Å². The van der Waals surface area contributed by atoms with E-state index >= 15 is 0 Å². The Labute approximate surface area is 81.3 Å². The fourth-order valence-corrected chi connectivity index (χ4v) is 1.63. The minimum absolute atomic E-state index is 0.0257. The van der Waals surface area contributed by atoms with E-state index in [1.807, 2.05) is 25.1 Å². The molecule has 1 aromatic carbocycles. The van der Waals surface area contributed by atoms with Crippen LogP contribution in [0.2, 0.25) is 0 Å². The number of aryl methyl sites for hydroxylation is 1. The van der Waals surface area contributed by atoms with Crippen molar-refractivity contribution in [2.24, 2.45) is 5.73 Å². The molecule has 0 saturated heterocycles. The second-order valence-corrected chi connectivity index (χ2v) is 3.21. The number of benzene rings is 1. The molecule has 0 aliphatic carbocycles. The first-order chi connectivity index (χ1) is 6.77. The second kappa shape index (κ2) is 3.31. The van der Waals surface area contributed by atoms with Crippen molar-refractivity contribution in [1.29, 1.82) is 0 Å². The van der Waals surface area contributed by atoms with Crippen LogP contribution in [0.4, 0.5) is 0 Å². The van der Waals surface area contributed by atoms with Gasteiger partial charge in [-0.3, -0.25) is 14.6 Å². The van der Waals surface area contributed by atoms with Crippen LogP contribution in [0.3, 0.4) is 0 Å². The molecular formula is C10H13N3O. The summed E-state index contributed by atoms with van der Waals surface area (Å²) < 4.78 is 1.59. The minimum Gasteiger partial charge on any atom is -0.326 e. The Morgan fingerprint density at radius 1 is 1.50 bits per heavy atom. The highest BCUT2D eigenvalue weighted by Crippen LogP contribution is 2.12. The summed E-state index contributed by atoms with van der Waals surface area (Å²) in [5, 5.41) is 3.77. The zero-order chi connectivity index (χ0) is 10.1. The smallest absolute Gasteiger partial charge is 0.274 e. The van der Waals surface area contributed by atoms with Crippen LogP contribution in [0, 0.1) is 0 Å². The van der Waals surface area contributed by atoms with Gasteiger partial charge in [0.25, 0.3) is 5.56 Å². The van der Waals surface area contributed by atoms with Gasteiger partial charge in [-0.15, -0.1) is 0 Å². The van der Waals surface area contributed by atoms with Crippen molar-refractivity contribution in [3.63, 3.8) is 0 Å². The zero-order valence-corrected chi connectivity index (χ0v) is 8.08. The van der Waals surface area contributed by atoms with Crippen LogP contribution >= 0.6 is 0 Å². The normalized spacial score (nSPS) is 11.0. The molecule has 1 aromatic heterocycles. The minimum atomic E-state index is 0.0257. The van der Waals surface area contributed by atoms with E-state index in [0.717, 1.165) is 16.5 Å². The first-order valence-electron chi connectivity index (χ1n) is 4.68. The van der Waals surface area contributed by atoms with Crippen LogP contribution < -0.4 is 11.3 Å². The average molecular weight is 191 g/mol. The number of aromatic amines is 1. The quantitative estimate of drug-likeness (QED) is 0.737. The molecule has 3 N–H and O–H groups in total. The number of nitrogens with two attached hydrogens (primary N) is 1. The Bertz CT molecular complexity index is 510. The third-order valence-corrected chi connectivity index (χ3v) is 2.41.